The number of hydrogen-bond donors (Lipinski definition) is 0. The number of rotatable bonds is 0. The molecule has 2 aromatic heterocycles. The Morgan fingerprint density at radius 2 is 0.853 bits per heavy atom. The van der Waals surface area contributed by atoms with Crippen molar-refractivity contribution in [2.24, 2.45) is 0 Å². The third-order valence-corrected chi connectivity index (χ3v) is 8.16. The molecule has 2 aliphatic rings. The molecule has 2 nitrogen and oxygen atoms in total. The van der Waals surface area contributed by atoms with Crippen molar-refractivity contribution in [2.45, 2.75) is 13.1 Å². The Morgan fingerprint density at radius 3 is 1.35 bits per heavy atom. The number of para-hydroxylation sites is 2. The number of fused-ring (bicyclic) bond motifs is 10. The number of nitrogens with zero attached hydrogens (tertiary/aromatic N) is 2. The summed E-state index contributed by atoms with van der Waals surface area (Å²) in [4.78, 5) is 0. The molecule has 0 saturated heterocycles. The molecule has 9 rings (SSSR count). The lowest BCUT2D eigenvalue weighted by Gasteiger charge is -2.20. The Balaban J connectivity index is 1.46. The first-order chi connectivity index (χ1) is 16.9. The summed E-state index contributed by atoms with van der Waals surface area (Å²) in [5, 5.41) is 5.44. The molecule has 158 valence electrons. The van der Waals surface area contributed by atoms with Gasteiger partial charge in [0.05, 0.1) is 22.1 Å². The van der Waals surface area contributed by atoms with E-state index in [0.29, 0.717) is 0 Å². The highest BCUT2D eigenvalue weighted by molar-refractivity contribution is 6.21. The van der Waals surface area contributed by atoms with Gasteiger partial charge in [-0.2, -0.15) is 0 Å². The van der Waals surface area contributed by atoms with Crippen LogP contribution in [0.3, 0.4) is 0 Å². The van der Waals surface area contributed by atoms with Crippen LogP contribution >= 0.6 is 0 Å². The average molecular weight is 433 g/mol. The van der Waals surface area contributed by atoms with Crippen LogP contribution in [0.25, 0.3) is 65.9 Å². The highest BCUT2D eigenvalue weighted by Crippen LogP contribution is 2.46. The van der Waals surface area contributed by atoms with E-state index in [0.717, 1.165) is 13.1 Å². The second-order valence-electron chi connectivity index (χ2n) is 9.78. The van der Waals surface area contributed by atoms with Gasteiger partial charge in [-0.15, -0.1) is 0 Å². The first-order valence-electron chi connectivity index (χ1n) is 12.0. The fourth-order valence-electron chi connectivity index (χ4n) is 6.74. The first kappa shape index (κ1) is 17.2. The molecule has 0 atom stereocenters. The van der Waals surface area contributed by atoms with Gasteiger partial charge in [-0.25, -0.2) is 0 Å². The van der Waals surface area contributed by atoms with Crippen LogP contribution in [0.5, 0.6) is 0 Å². The number of aromatic nitrogens is 2. The van der Waals surface area contributed by atoms with E-state index < -0.39 is 0 Å². The summed E-state index contributed by atoms with van der Waals surface area (Å²) in [5.74, 6) is 0. The van der Waals surface area contributed by atoms with Gasteiger partial charge in [0.1, 0.15) is 0 Å². The second kappa shape index (κ2) is 5.78. The molecule has 5 aromatic carbocycles. The van der Waals surface area contributed by atoms with Gasteiger partial charge in [-0.3, -0.25) is 0 Å². The van der Waals surface area contributed by atoms with Crippen molar-refractivity contribution in [1.82, 2.24) is 9.13 Å². The van der Waals surface area contributed by atoms with Crippen LogP contribution in [0, 0.1) is 0 Å². The molecule has 0 aliphatic carbocycles. The minimum atomic E-state index is 0.925. The number of benzene rings is 5. The molecule has 0 N–H and O–H groups in total. The summed E-state index contributed by atoms with van der Waals surface area (Å²) in [7, 11) is 0. The van der Waals surface area contributed by atoms with Crippen molar-refractivity contribution < 1.29 is 0 Å². The van der Waals surface area contributed by atoms with Crippen LogP contribution in [-0.2, 0) is 13.1 Å². The van der Waals surface area contributed by atoms with Crippen LogP contribution in [-0.4, -0.2) is 9.13 Å². The lowest BCUT2D eigenvalue weighted by atomic mass is 9.95. The zero-order valence-corrected chi connectivity index (χ0v) is 18.5. The predicted octanol–water partition coefficient (Wildman–Crippen LogP) is 7.96. The summed E-state index contributed by atoms with van der Waals surface area (Å²) >= 11 is 0. The van der Waals surface area contributed by atoms with Gasteiger partial charge in [0.2, 0.25) is 0 Å². The third-order valence-electron chi connectivity index (χ3n) is 8.16. The predicted molar refractivity (Wildman–Crippen MR) is 142 cm³/mol. The van der Waals surface area contributed by atoms with E-state index in [4.69, 9.17) is 0 Å². The van der Waals surface area contributed by atoms with Crippen LogP contribution in [0.15, 0.2) is 97.1 Å². The van der Waals surface area contributed by atoms with Crippen LogP contribution in [0.2, 0.25) is 0 Å². The topological polar surface area (TPSA) is 9.86 Å². The third kappa shape index (κ3) is 1.91. The molecule has 2 heteroatoms. The van der Waals surface area contributed by atoms with Crippen LogP contribution < -0.4 is 0 Å². The summed E-state index contributed by atoms with van der Waals surface area (Å²) in [6, 6.07) is 36.3. The lowest BCUT2D eigenvalue weighted by molar-refractivity contribution is 0.858. The standard InChI is InChI=1S/C32H20N2/c1-3-9-21-19(7-1)17-33-29-15-28-26-14-6-12-24-22-10-4-2-8-20(22)18-34(32(24)26)30(28)16-27(29)25-13-5-11-23(21)31(25)33/h1-16H,17-18H2. The fraction of sp³-hybridized carbons (Fsp3) is 0.0625. The Labute approximate surface area is 196 Å². The zero-order valence-electron chi connectivity index (χ0n) is 18.5. The molecule has 0 amide bonds. The summed E-state index contributed by atoms with van der Waals surface area (Å²) in [5.41, 5.74) is 13.7. The van der Waals surface area contributed by atoms with Crippen molar-refractivity contribution in [3.05, 3.63) is 108 Å². The summed E-state index contributed by atoms with van der Waals surface area (Å²) in [6.07, 6.45) is 0. The van der Waals surface area contributed by atoms with E-state index in [1.54, 1.807) is 0 Å². The monoisotopic (exact) mass is 432 g/mol. The maximum absolute atomic E-state index is 2.54. The van der Waals surface area contributed by atoms with Gasteiger partial charge in [0.25, 0.3) is 0 Å². The van der Waals surface area contributed by atoms with Gasteiger partial charge >= 0.3 is 0 Å². The zero-order chi connectivity index (χ0) is 22.0. The smallest absolute Gasteiger partial charge is 0.0574 e. The molecule has 0 unspecified atom stereocenters. The first-order valence-corrected chi connectivity index (χ1v) is 12.0. The van der Waals surface area contributed by atoms with Crippen LogP contribution in [0.1, 0.15) is 11.1 Å². The van der Waals surface area contributed by atoms with Gasteiger partial charge in [0.15, 0.2) is 0 Å². The van der Waals surface area contributed by atoms with Gasteiger partial charge < -0.3 is 9.13 Å². The molecular weight excluding hydrogens is 412 g/mol. The maximum atomic E-state index is 2.54. The Bertz CT molecular complexity index is 1870. The molecule has 4 heterocycles. The molecule has 34 heavy (non-hydrogen) atoms. The van der Waals surface area contributed by atoms with E-state index in [1.807, 2.05) is 0 Å². The summed E-state index contributed by atoms with van der Waals surface area (Å²) < 4.78 is 5.09. The van der Waals surface area contributed by atoms with E-state index >= 15 is 0 Å². The van der Waals surface area contributed by atoms with Gasteiger partial charge in [0, 0.05) is 45.8 Å². The molecule has 0 fully saturated rings. The van der Waals surface area contributed by atoms with E-state index in [9.17, 15) is 0 Å². The minimum Gasteiger partial charge on any atom is -0.335 e. The maximum Gasteiger partial charge on any atom is 0.0574 e. The lowest BCUT2D eigenvalue weighted by Crippen LogP contribution is -2.07. The molecule has 0 saturated carbocycles. The highest BCUT2D eigenvalue weighted by atomic mass is 15.0. The van der Waals surface area contributed by atoms with Gasteiger partial charge in [-0.05, 0) is 34.4 Å². The summed E-state index contributed by atoms with van der Waals surface area (Å²) in [6.45, 7) is 1.85. The average Bonchev–Trinajstić information content (AvgIpc) is 3.37. The second-order valence-corrected chi connectivity index (χ2v) is 9.78. The molecule has 0 radical (unpaired) electrons. The normalized spacial score (nSPS) is 13.6. The van der Waals surface area contributed by atoms with E-state index in [-0.39, 0.29) is 0 Å². The van der Waals surface area contributed by atoms with E-state index in [1.165, 1.54) is 77.0 Å². The van der Waals surface area contributed by atoms with Crippen molar-refractivity contribution in [1.29, 1.82) is 0 Å². The largest absolute Gasteiger partial charge is 0.335 e. The van der Waals surface area contributed by atoms with Crippen molar-refractivity contribution in [3.63, 3.8) is 0 Å². The highest BCUT2D eigenvalue weighted by Gasteiger charge is 2.25. The number of hydrogen-bond acceptors (Lipinski definition) is 0. The van der Waals surface area contributed by atoms with E-state index in [2.05, 4.69) is 106 Å². The molecule has 0 bridgehead atoms. The van der Waals surface area contributed by atoms with Crippen molar-refractivity contribution >= 4 is 43.6 Å². The SMILES string of the molecule is c1ccc2c(c1)Cn1c3cc4c5cccc6c5n(c4cc3c3cccc-2c31)Cc1ccccc1-6. The molecular formula is C32H20N2. The molecule has 7 aromatic rings. The van der Waals surface area contributed by atoms with Crippen LogP contribution in [0.4, 0.5) is 0 Å². The van der Waals surface area contributed by atoms with Crippen molar-refractivity contribution in [3.8, 4) is 22.3 Å². The Morgan fingerprint density at radius 1 is 0.412 bits per heavy atom. The molecule has 2 aliphatic heterocycles. The Hall–Kier alpha value is -4.30. The quantitative estimate of drug-likeness (QED) is 0.230. The van der Waals surface area contributed by atoms with Crippen molar-refractivity contribution in [2.75, 3.05) is 0 Å². The minimum absolute atomic E-state index is 0.925. The van der Waals surface area contributed by atoms with Gasteiger partial charge in [-0.1, -0.05) is 84.9 Å². The fourth-order valence-corrected chi connectivity index (χ4v) is 6.74. The Kier molecular flexibility index (Phi) is 2.93. The molecule has 0 spiro atoms.